The highest BCUT2D eigenvalue weighted by molar-refractivity contribution is 9.11. The Bertz CT molecular complexity index is 364. The first-order valence-electron chi connectivity index (χ1n) is 2.77. The van der Waals surface area contributed by atoms with E-state index in [0.29, 0.717) is 0 Å². The summed E-state index contributed by atoms with van der Waals surface area (Å²) in [6.07, 6.45) is 1.83. The van der Waals surface area contributed by atoms with Crippen LogP contribution in [0.1, 0.15) is 0 Å². The Kier molecular flexibility index (Phi) is 1.90. The molecule has 0 radical (unpaired) electrons. The fraction of sp³-hybridized carbons (Fsp3) is 0. The molecular formula is C5H2Br2N3S+. The zero-order valence-electron chi connectivity index (χ0n) is 5.14. The molecule has 0 amide bonds. The minimum Gasteiger partial charge on any atom is -0.202 e. The van der Waals surface area contributed by atoms with E-state index in [4.69, 9.17) is 0 Å². The summed E-state index contributed by atoms with van der Waals surface area (Å²) in [6, 6.07) is 0. The fourth-order valence-electron chi connectivity index (χ4n) is 0.753. The highest BCUT2D eigenvalue weighted by Gasteiger charge is 2.12. The van der Waals surface area contributed by atoms with E-state index in [1.54, 1.807) is 0 Å². The standard InChI is InChI=1S/C5HBr2N3S/c6-2-1-8-5(7)4-3(2)9-11-10-4/h1H/p+1. The van der Waals surface area contributed by atoms with Crippen molar-refractivity contribution in [1.29, 1.82) is 0 Å². The number of halogens is 2. The second-order valence-corrected chi connectivity index (χ2v) is 4.09. The van der Waals surface area contributed by atoms with Crippen molar-refractivity contribution in [3.05, 3.63) is 15.3 Å². The van der Waals surface area contributed by atoms with Crippen LogP contribution in [-0.4, -0.2) is 8.75 Å². The molecule has 2 rings (SSSR count). The van der Waals surface area contributed by atoms with Crippen molar-refractivity contribution in [3.8, 4) is 0 Å². The number of nitrogens with one attached hydrogen (secondary N) is 1. The highest BCUT2D eigenvalue weighted by atomic mass is 79.9. The van der Waals surface area contributed by atoms with Crippen LogP contribution in [0, 0.1) is 0 Å². The molecule has 2 aromatic heterocycles. The molecule has 0 aliphatic heterocycles. The largest absolute Gasteiger partial charge is 0.275 e. The second-order valence-electron chi connectivity index (χ2n) is 1.91. The molecule has 0 saturated heterocycles. The van der Waals surface area contributed by atoms with E-state index in [2.05, 4.69) is 45.6 Å². The first-order valence-corrected chi connectivity index (χ1v) is 5.08. The predicted molar refractivity (Wildman–Crippen MR) is 49.4 cm³/mol. The summed E-state index contributed by atoms with van der Waals surface area (Å²) in [5, 5.41) is 0. The van der Waals surface area contributed by atoms with Gasteiger partial charge in [0, 0.05) is 15.9 Å². The van der Waals surface area contributed by atoms with Gasteiger partial charge >= 0.3 is 0 Å². The van der Waals surface area contributed by atoms with E-state index < -0.39 is 0 Å². The van der Waals surface area contributed by atoms with Crippen LogP contribution < -0.4 is 4.98 Å². The topological polar surface area (TPSA) is 39.9 Å². The summed E-state index contributed by atoms with van der Waals surface area (Å²) in [6.45, 7) is 0. The number of rotatable bonds is 0. The SMILES string of the molecule is Brc1c[nH+]c(Br)c2nsnc12. The van der Waals surface area contributed by atoms with E-state index in [1.165, 1.54) is 11.7 Å². The summed E-state index contributed by atoms with van der Waals surface area (Å²) in [5.74, 6) is 0. The van der Waals surface area contributed by atoms with Gasteiger partial charge in [0.1, 0.15) is 9.99 Å². The van der Waals surface area contributed by atoms with Gasteiger partial charge in [-0.1, -0.05) is 0 Å². The van der Waals surface area contributed by atoms with Crippen molar-refractivity contribution in [2.75, 3.05) is 0 Å². The maximum Gasteiger partial charge on any atom is 0.275 e. The van der Waals surface area contributed by atoms with E-state index >= 15 is 0 Å². The number of aromatic amines is 1. The average Bonchev–Trinajstić information content (AvgIpc) is 2.45. The van der Waals surface area contributed by atoms with E-state index in [-0.39, 0.29) is 0 Å². The molecule has 6 heteroatoms. The Hall–Kier alpha value is -0.0700. The number of nitrogens with zero attached hydrogens (tertiary/aromatic N) is 2. The van der Waals surface area contributed by atoms with E-state index in [0.717, 1.165) is 20.1 Å². The molecule has 2 heterocycles. The number of fused-ring (bicyclic) bond motifs is 1. The molecule has 0 spiro atoms. The molecule has 0 aliphatic carbocycles. The fourth-order valence-corrected chi connectivity index (χ4v) is 2.34. The minimum absolute atomic E-state index is 0.865. The molecular weight excluding hydrogens is 294 g/mol. The molecule has 0 aliphatic rings. The van der Waals surface area contributed by atoms with Gasteiger partial charge in [-0.3, -0.25) is 0 Å². The van der Waals surface area contributed by atoms with Gasteiger partial charge in [-0.15, -0.1) is 0 Å². The molecule has 0 saturated carbocycles. The number of aromatic nitrogens is 3. The first-order chi connectivity index (χ1) is 5.29. The molecule has 3 nitrogen and oxygen atoms in total. The Labute approximate surface area is 83.4 Å². The number of hydrogen-bond acceptors (Lipinski definition) is 3. The summed E-state index contributed by atoms with van der Waals surface area (Å²) in [5.41, 5.74) is 1.75. The maximum absolute atomic E-state index is 4.11. The lowest BCUT2D eigenvalue weighted by Crippen LogP contribution is -2.03. The van der Waals surface area contributed by atoms with Crippen LogP contribution >= 0.6 is 43.6 Å². The Morgan fingerprint density at radius 1 is 1.27 bits per heavy atom. The molecule has 2 aromatic rings. The number of H-pyrrole nitrogens is 1. The molecule has 1 N–H and O–H groups in total. The zero-order chi connectivity index (χ0) is 7.84. The van der Waals surface area contributed by atoms with Crippen LogP contribution in [0.15, 0.2) is 15.3 Å². The predicted octanol–water partition coefficient (Wildman–Crippen LogP) is 2.03. The summed E-state index contributed by atoms with van der Waals surface area (Å²) < 4.78 is 10.0. The monoisotopic (exact) mass is 294 g/mol. The van der Waals surface area contributed by atoms with Crippen molar-refractivity contribution >= 4 is 54.6 Å². The van der Waals surface area contributed by atoms with Gasteiger partial charge in [0.15, 0.2) is 11.7 Å². The van der Waals surface area contributed by atoms with Gasteiger partial charge in [-0.05, 0) is 15.9 Å². The summed E-state index contributed by atoms with van der Waals surface area (Å²) >= 11 is 7.90. The molecule has 0 unspecified atom stereocenters. The normalized spacial score (nSPS) is 10.7. The first kappa shape index (κ1) is 7.57. The van der Waals surface area contributed by atoms with E-state index in [9.17, 15) is 0 Å². The molecule has 0 fully saturated rings. The van der Waals surface area contributed by atoms with Gasteiger partial charge in [0.2, 0.25) is 0 Å². The lowest BCUT2D eigenvalue weighted by atomic mass is 10.4. The van der Waals surface area contributed by atoms with Crippen LogP contribution in [0.4, 0.5) is 0 Å². The van der Waals surface area contributed by atoms with Gasteiger partial charge in [0.25, 0.3) is 4.60 Å². The lowest BCUT2D eigenvalue weighted by Gasteiger charge is -1.85. The highest BCUT2D eigenvalue weighted by Crippen LogP contribution is 2.23. The minimum atomic E-state index is 0.865. The molecule has 11 heavy (non-hydrogen) atoms. The maximum atomic E-state index is 4.11. The van der Waals surface area contributed by atoms with Gasteiger partial charge in [-0.2, -0.15) is 8.75 Å². The van der Waals surface area contributed by atoms with Gasteiger partial charge in [-0.25, -0.2) is 4.98 Å². The third-order valence-electron chi connectivity index (χ3n) is 1.25. The average molecular weight is 296 g/mol. The zero-order valence-corrected chi connectivity index (χ0v) is 9.12. The van der Waals surface area contributed by atoms with Crippen molar-refractivity contribution in [3.63, 3.8) is 0 Å². The third kappa shape index (κ3) is 1.19. The van der Waals surface area contributed by atoms with Crippen LogP contribution in [0.3, 0.4) is 0 Å². The van der Waals surface area contributed by atoms with Crippen molar-refractivity contribution in [2.45, 2.75) is 0 Å². The smallest absolute Gasteiger partial charge is 0.202 e. The van der Waals surface area contributed by atoms with Gasteiger partial charge in [0.05, 0.1) is 11.7 Å². The molecule has 56 valence electrons. The Balaban J connectivity index is 2.96. The van der Waals surface area contributed by atoms with Crippen LogP contribution in [-0.2, 0) is 0 Å². The molecule has 0 atom stereocenters. The summed E-state index contributed by atoms with van der Waals surface area (Å²) in [4.78, 5) is 3.00. The van der Waals surface area contributed by atoms with Crippen molar-refractivity contribution in [1.82, 2.24) is 8.75 Å². The Morgan fingerprint density at radius 2 is 2.00 bits per heavy atom. The lowest BCUT2D eigenvalue weighted by molar-refractivity contribution is -0.390. The third-order valence-corrected chi connectivity index (χ3v) is 2.99. The van der Waals surface area contributed by atoms with E-state index in [1.807, 2.05) is 6.20 Å². The van der Waals surface area contributed by atoms with Crippen molar-refractivity contribution in [2.24, 2.45) is 0 Å². The van der Waals surface area contributed by atoms with Crippen LogP contribution in [0.5, 0.6) is 0 Å². The quantitative estimate of drug-likeness (QED) is 0.698. The van der Waals surface area contributed by atoms with Gasteiger partial charge < -0.3 is 0 Å². The molecule has 0 bridgehead atoms. The second kappa shape index (κ2) is 2.76. The van der Waals surface area contributed by atoms with Crippen LogP contribution in [0.25, 0.3) is 11.0 Å². The number of pyridine rings is 1. The molecule has 0 aromatic carbocycles. The van der Waals surface area contributed by atoms with Crippen LogP contribution in [0.2, 0.25) is 0 Å². The number of hydrogen-bond donors (Lipinski definition) is 0. The summed E-state index contributed by atoms with van der Waals surface area (Å²) in [7, 11) is 0. The Morgan fingerprint density at radius 3 is 2.73 bits per heavy atom. The van der Waals surface area contributed by atoms with Crippen molar-refractivity contribution < 1.29 is 4.98 Å².